The molecule has 0 bridgehead atoms. The van der Waals surface area contributed by atoms with Gasteiger partial charge in [0.25, 0.3) is 5.56 Å². The van der Waals surface area contributed by atoms with Crippen LogP contribution in [-0.4, -0.2) is 36.5 Å². The van der Waals surface area contributed by atoms with Crippen LogP contribution in [0.5, 0.6) is 0 Å². The monoisotopic (exact) mass is 280 g/mol. The molecule has 0 saturated carbocycles. The van der Waals surface area contributed by atoms with E-state index in [-0.39, 0.29) is 5.56 Å². The van der Waals surface area contributed by atoms with Crippen molar-refractivity contribution >= 4 is 5.69 Å². The minimum atomic E-state index is -0.0448. The number of unbranched alkanes of at least 4 members (excludes halogenated alkanes) is 2. The average Bonchev–Trinajstić information content (AvgIpc) is 2.40. The van der Waals surface area contributed by atoms with Gasteiger partial charge < -0.3 is 10.2 Å². The van der Waals surface area contributed by atoms with Crippen molar-refractivity contribution in [2.75, 3.05) is 25.5 Å². The maximum atomic E-state index is 11.9. The molecule has 1 N–H and O–H groups in total. The molecule has 1 aromatic heterocycles. The second-order valence-electron chi connectivity index (χ2n) is 5.52. The van der Waals surface area contributed by atoms with Crippen LogP contribution in [0.15, 0.2) is 17.1 Å². The Bertz CT molecular complexity index is 442. The van der Waals surface area contributed by atoms with E-state index in [0.29, 0.717) is 12.6 Å². The van der Waals surface area contributed by atoms with E-state index in [1.54, 1.807) is 12.3 Å². The van der Waals surface area contributed by atoms with Crippen LogP contribution in [-0.2, 0) is 6.54 Å². The highest BCUT2D eigenvalue weighted by Gasteiger charge is 2.03. The molecule has 0 radical (unpaired) electrons. The summed E-state index contributed by atoms with van der Waals surface area (Å²) < 4.78 is 1.51. The third kappa shape index (κ3) is 5.74. The lowest BCUT2D eigenvalue weighted by atomic mass is 10.1. The van der Waals surface area contributed by atoms with Gasteiger partial charge >= 0.3 is 0 Å². The molecular formula is C15H28N4O. The number of rotatable bonds is 9. The van der Waals surface area contributed by atoms with E-state index < -0.39 is 0 Å². The second kappa shape index (κ2) is 8.74. The average molecular weight is 280 g/mol. The zero-order valence-electron chi connectivity index (χ0n) is 13.2. The van der Waals surface area contributed by atoms with Crippen molar-refractivity contribution in [2.24, 2.45) is 0 Å². The molecule has 0 aliphatic carbocycles. The van der Waals surface area contributed by atoms with Gasteiger partial charge in [-0.2, -0.15) is 5.10 Å². The minimum absolute atomic E-state index is 0.0448. The fourth-order valence-electron chi connectivity index (χ4n) is 2.06. The first-order valence-corrected chi connectivity index (χ1v) is 7.52. The summed E-state index contributed by atoms with van der Waals surface area (Å²) in [6.45, 7) is 5.81. The summed E-state index contributed by atoms with van der Waals surface area (Å²) in [5.74, 6) is 0. The van der Waals surface area contributed by atoms with Crippen LogP contribution in [0.4, 0.5) is 5.69 Å². The summed E-state index contributed by atoms with van der Waals surface area (Å²) in [5, 5.41) is 7.64. The Hall–Kier alpha value is -1.36. The zero-order valence-corrected chi connectivity index (χ0v) is 13.2. The second-order valence-corrected chi connectivity index (χ2v) is 5.52. The summed E-state index contributed by atoms with van der Waals surface area (Å²) in [6.07, 6.45) is 6.73. The van der Waals surface area contributed by atoms with Crippen LogP contribution in [0, 0.1) is 0 Å². The van der Waals surface area contributed by atoms with Gasteiger partial charge in [0.1, 0.15) is 0 Å². The zero-order chi connectivity index (χ0) is 15.0. The van der Waals surface area contributed by atoms with Crippen LogP contribution < -0.4 is 15.8 Å². The van der Waals surface area contributed by atoms with E-state index >= 15 is 0 Å². The molecule has 0 aliphatic rings. The fraction of sp³-hybridized carbons (Fsp3) is 0.733. The maximum Gasteiger partial charge on any atom is 0.268 e. The number of nitrogens with zero attached hydrogens (tertiary/aromatic N) is 3. The Balaban J connectivity index is 2.37. The molecule has 0 aromatic carbocycles. The molecule has 20 heavy (non-hydrogen) atoms. The molecule has 0 amide bonds. The quantitative estimate of drug-likeness (QED) is 0.702. The van der Waals surface area contributed by atoms with Crippen LogP contribution >= 0.6 is 0 Å². The molecule has 1 unspecified atom stereocenters. The number of hydrogen-bond donors (Lipinski definition) is 1. The standard InChI is InChI=1S/C15H28N4O/c1-5-6-7-8-13(2)16-9-10-19-15(20)11-14(12-17-19)18(3)4/h11-13,16H,5-10H2,1-4H3. The summed E-state index contributed by atoms with van der Waals surface area (Å²) in [7, 11) is 3.81. The first-order valence-electron chi connectivity index (χ1n) is 7.52. The largest absolute Gasteiger partial charge is 0.376 e. The summed E-state index contributed by atoms with van der Waals surface area (Å²) in [6, 6.07) is 2.12. The van der Waals surface area contributed by atoms with Crippen molar-refractivity contribution in [3.63, 3.8) is 0 Å². The van der Waals surface area contributed by atoms with Crippen molar-refractivity contribution < 1.29 is 0 Å². The van der Waals surface area contributed by atoms with Crippen molar-refractivity contribution in [3.8, 4) is 0 Å². The predicted octanol–water partition coefficient (Wildman–Crippen LogP) is 1.87. The Kier molecular flexibility index (Phi) is 7.30. The smallest absolute Gasteiger partial charge is 0.268 e. The molecule has 5 nitrogen and oxygen atoms in total. The molecule has 1 rings (SSSR count). The Morgan fingerprint density at radius 3 is 2.75 bits per heavy atom. The van der Waals surface area contributed by atoms with E-state index in [4.69, 9.17) is 0 Å². The highest BCUT2D eigenvalue weighted by atomic mass is 16.1. The van der Waals surface area contributed by atoms with E-state index in [1.807, 2.05) is 19.0 Å². The lowest BCUT2D eigenvalue weighted by molar-refractivity contribution is 0.453. The van der Waals surface area contributed by atoms with Crippen LogP contribution in [0.3, 0.4) is 0 Å². The van der Waals surface area contributed by atoms with Crippen LogP contribution in [0.1, 0.15) is 39.5 Å². The predicted molar refractivity (Wildman–Crippen MR) is 84.4 cm³/mol. The topological polar surface area (TPSA) is 50.2 Å². The number of aromatic nitrogens is 2. The lowest BCUT2D eigenvalue weighted by Crippen LogP contribution is -2.33. The van der Waals surface area contributed by atoms with Gasteiger partial charge in [-0.1, -0.05) is 26.2 Å². The number of anilines is 1. The van der Waals surface area contributed by atoms with Crippen LogP contribution in [0.25, 0.3) is 0 Å². The minimum Gasteiger partial charge on any atom is -0.376 e. The molecule has 1 atom stereocenters. The number of hydrogen-bond acceptors (Lipinski definition) is 4. The highest BCUT2D eigenvalue weighted by Crippen LogP contribution is 2.04. The molecule has 0 aliphatic heterocycles. The molecule has 0 saturated heterocycles. The van der Waals surface area contributed by atoms with Gasteiger partial charge in [-0.05, 0) is 13.3 Å². The Morgan fingerprint density at radius 1 is 1.40 bits per heavy atom. The molecular weight excluding hydrogens is 252 g/mol. The van der Waals surface area contributed by atoms with Gasteiger partial charge in [-0.15, -0.1) is 0 Å². The summed E-state index contributed by atoms with van der Waals surface area (Å²) in [4.78, 5) is 13.8. The summed E-state index contributed by atoms with van der Waals surface area (Å²) >= 11 is 0. The maximum absolute atomic E-state index is 11.9. The summed E-state index contributed by atoms with van der Waals surface area (Å²) in [5.41, 5.74) is 0.795. The van der Waals surface area contributed by atoms with Gasteiger partial charge in [0.05, 0.1) is 18.4 Å². The first kappa shape index (κ1) is 16.7. The molecule has 114 valence electrons. The van der Waals surface area contributed by atoms with E-state index in [2.05, 4.69) is 24.3 Å². The molecule has 1 heterocycles. The number of nitrogens with one attached hydrogen (secondary N) is 1. The third-order valence-corrected chi connectivity index (χ3v) is 3.43. The van der Waals surface area contributed by atoms with E-state index in [9.17, 15) is 4.79 Å². The van der Waals surface area contributed by atoms with E-state index in [1.165, 1.54) is 30.4 Å². The van der Waals surface area contributed by atoms with Gasteiger partial charge in [0.15, 0.2) is 0 Å². The van der Waals surface area contributed by atoms with Gasteiger partial charge in [0.2, 0.25) is 0 Å². The lowest BCUT2D eigenvalue weighted by Gasteiger charge is -2.15. The van der Waals surface area contributed by atoms with Crippen molar-refractivity contribution in [2.45, 2.75) is 52.1 Å². The highest BCUT2D eigenvalue weighted by molar-refractivity contribution is 5.40. The van der Waals surface area contributed by atoms with E-state index in [0.717, 1.165) is 12.2 Å². The van der Waals surface area contributed by atoms with Crippen LogP contribution in [0.2, 0.25) is 0 Å². The van der Waals surface area contributed by atoms with Crippen molar-refractivity contribution in [1.82, 2.24) is 15.1 Å². The normalized spacial score (nSPS) is 12.4. The molecule has 5 heteroatoms. The third-order valence-electron chi connectivity index (χ3n) is 3.43. The first-order chi connectivity index (χ1) is 9.54. The van der Waals surface area contributed by atoms with Gasteiger partial charge in [0, 0.05) is 32.7 Å². The van der Waals surface area contributed by atoms with Gasteiger partial charge in [-0.25, -0.2) is 4.68 Å². The van der Waals surface area contributed by atoms with Crippen molar-refractivity contribution in [1.29, 1.82) is 0 Å². The van der Waals surface area contributed by atoms with Gasteiger partial charge in [-0.3, -0.25) is 4.79 Å². The Labute approximate surface area is 122 Å². The molecule has 1 aromatic rings. The fourth-order valence-corrected chi connectivity index (χ4v) is 2.06. The SMILES string of the molecule is CCCCCC(C)NCCn1ncc(N(C)C)cc1=O. The molecule has 0 spiro atoms. The molecule has 0 fully saturated rings. The van der Waals surface area contributed by atoms with Crippen molar-refractivity contribution in [3.05, 3.63) is 22.6 Å². The Morgan fingerprint density at radius 2 is 2.15 bits per heavy atom.